The van der Waals surface area contributed by atoms with E-state index in [2.05, 4.69) is 13.8 Å². The highest BCUT2D eigenvalue weighted by Crippen LogP contribution is 2.49. The molecule has 0 aliphatic heterocycles. The second-order valence-electron chi connectivity index (χ2n) is 9.91. The number of carboxylic acids is 1. The Hall–Kier alpha value is -2.11. The van der Waals surface area contributed by atoms with Crippen LogP contribution in [0.2, 0.25) is 0 Å². The lowest BCUT2D eigenvalue weighted by atomic mass is 9.99. The Labute approximate surface area is 219 Å². The molecule has 0 bridgehead atoms. The van der Waals surface area contributed by atoms with Crippen LogP contribution >= 0.6 is 0 Å². The average molecular weight is 509 g/mol. The first kappa shape index (κ1) is 31.9. The van der Waals surface area contributed by atoms with Gasteiger partial charge in [-0.05, 0) is 19.3 Å². The highest BCUT2D eigenvalue weighted by molar-refractivity contribution is 5.96. The predicted molar refractivity (Wildman–Crippen MR) is 147 cm³/mol. The zero-order valence-corrected chi connectivity index (χ0v) is 23.2. The average Bonchev–Trinajstić information content (AvgIpc) is 2.85. The number of hydrogen-bond acceptors (Lipinski definition) is 5. The van der Waals surface area contributed by atoms with Gasteiger partial charge in [0.25, 0.3) is 0 Å². The Balaban J connectivity index is 2.79. The van der Waals surface area contributed by atoms with E-state index in [1.54, 1.807) is 0 Å². The Morgan fingerprint density at radius 2 is 1.00 bits per heavy atom. The molecule has 0 spiro atoms. The second-order valence-corrected chi connectivity index (χ2v) is 9.91. The number of carboxylic acid groups (broad SMARTS) is 1. The van der Waals surface area contributed by atoms with Crippen molar-refractivity contribution in [3.63, 3.8) is 0 Å². The number of aromatic carboxylic acids is 1. The lowest BCUT2D eigenvalue weighted by Gasteiger charge is -2.20. The maximum Gasteiger partial charge on any atom is 0.340 e. The highest BCUT2D eigenvalue weighted by Gasteiger charge is 2.29. The van der Waals surface area contributed by atoms with Crippen LogP contribution in [0, 0.1) is 0 Å². The van der Waals surface area contributed by atoms with Gasteiger partial charge in [0.05, 0.1) is 13.2 Å². The summed E-state index contributed by atoms with van der Waals surface area (Å²) in [6.07, 6.45) is 19.7. The summed E-state index contributed by atoms with van der Waals surface area (Å²) in [5.74, 6) is -2.12. The van der Waals surface area contributed by atoms with Crippen molar-refractivity contribution in [3.8, 4) is 23.0 Å². The molecule has 0 fully saturated rings. The van der Waals surface area contributed by atoms with Crippen LogP contribution in [0.25, 0.3) is 0 Å². The third-order valence-corrected chi connectivity index (χ3v) is 6.66. The largest absolute Gasteiger partial charge is 0.504 e. The summed E-state index contributed by atoms with van der Waals surface area (Å²) in [7, 11) is 0. The molecule has 0 amide bonds. The number of phenols is 2. The van der Waals surface area contributed by atoms with Gasteiger partial charge in [-0.25, -0.2) is 4.79 Å². The van der Waals surface area contributed by atoms with Crippen LogP contribution in [0.3, 0.4) is 0 Å². The molecule has 0 aliphatic rings. The number of aromatic hydroxyl groups is 2. The van der Waals surface area contributed by atoms with Crippen molar-refractivity contribution in [2.45, 2.75) is 136 Å². The number of ether oxygens (including phenoxy) is 2. The van der Waals surface area contributed by atoms with E-state index in [4.69, 9.17) is 9.47 Å². The van der Waals surface area contributed by atoms with Crippen molar-refractivity contribution in [1.82, 2.24) is 0 Å². The van der Waals surface area contributed by atoms with Gasteiger partial charge in [0.1, 0.15) is 5.56 Å². The minimum absolute atomic E-state index is 0.0726. The minimum Gasteiger partial charge on any atom is -0.504 e. The molecule has 0 saturated carbocycles. The van der Waals surface area contributed by atoms with E-state index in [-0.39, 0.29) is 17.1 Å². The lowest BCUT2D eigenvalue weighted by Crippen LogP contribution is -2.11. The molecule has 0 unspecified atom stereocenters. The van der Waals surface area contributed by atoms with E-state index in [0.29, 0.717) is 31.6 Å². The van der Waals surface area contributed by atoms with Crippen LogP contribution in [0.1, 0.15) is 146 Å². The molecule has 36 heavy (non-hydrogen) atoms. The third-order valence-electron chi connectivity index (χ3n) is 6.66. The second kappa shape index (κ2) is 20.0. The van der Waals surface area contributed by atoms with Crippen LogP contribution in [0.15, 0.2) is 0 Å². The molecule has 0 heterocycles. The standard InChI is InChI=1S/C30H52O6/c1-4-7-9-11-13-15-17-19-22-35-28-24(21-6-3)25(30(33)34)26(31)27(32)29(28)36-23-20-18-16-14-12-10-8-5-2/h31-32H,4-23H2,1-3H3,(H,33,34). The molecule has 0 saturated heterocycles. The van der Waals surface area contributed by atoms with E-state index in [1.165, 1.54) is 64.2 Å². The summed E-state index contributed by atoms with van der Waals surface area (Å²) in [6, 6.07) is 0. The maximum absolute atomic E-state index is 11.9. The summed E-state index contributed by atoms with van der Waals surface area (Å²) >= 11 is 0. The summed E-state index contributed by atoms with van der Waals surface area (Å²) in [5.41, 5.74) is 0.102. The van der Waals surface area contributed by atoms with E-state index >= 15 is 0 Å². The molecule has 0 aliphatic carbocycles. The Kier molecular flexibility index (Phi) is 17.7. The first-order valence-electron chi connectivity index (χ1n) is 14.6. The molecule has 1 rings (SSSR count). The quantitative estimate of drug-likeness (QED) is 0.101. The van der Waals surface area contributed by atoms with E-state index < -0.39 is 17.5 Å². The monoisotopic (exact) mass is 508 g/mol. The first-order chi connectivity index (χ1) is 17.5. The number of carbonyl (C=O) groups is 1. The van der Waals surface area contributed by atoms with Gasteiger partial charge in [-0.1, -0.05) is 117 Å². The van der Waals surface area contributed by atoms with Crippen molar-refractivity contribution in [2.24, 2.45) is 0 Å². The van der Waals surface area contributed by atoms with E-state index in [9.17, 15) is 20.1 Å². The number of unbranched alkanes of at least 4 members (excludes halogenated alkanes) is 14. The Morgan fingerprint density at radius 3 is 1.42 bits per heavy atom. The van der Waals surface area contributed by atoms with Gasteiger partial charge >= 0.3 is 5.97 Å². The lowest BCUT2D eigenvalue weighted by molar-refractivity contribution is 0.0690. The summed E-state index contributed by atoms with van der Waals surface area (Å²) in [4.78, 5) is 11.9. The van der Waals surface area contributed by atoms with Gasteiger partial charge < -0.3 is 24.8 Å². The Morgan fingerprint density at radius 1 is 0.583 bits per heavy atom. The molecule has 208 valence electrons. The molecular formula is C30H52O6. The molecule has 3 N–H and O–H groups in total. The molecule has 0 aromatic heterocycles. The smallest absolute Gasteiger partial charge is 0.340 e. The van der Waals surface area contributed by atoms with Crippen LogP contribution in [-0.2, 0) is 6.42 Å². The van der Waals surface area contributed by atoms with Crippen molar-refractivity contribution >= 4 is 5.97 Å². The normalized spacial score (nSPS) is 11.1. The molecule has 0 radical (unpaired) electrons. The fraction of sp³-hybridized carbons (Fsp3) is 0.767. The van der Waals surface area contributed by atoms with E-state index in [0.717, 1.165) is 38.5 Å². The number of rotatable bonds is 23. The topological polar surface area (TPSA) is 96.2 Å². The van der Waals surface area contributed by atoms with Crippen LogP contribution in [-0.4, -0.2) is 34.5 Å². The van der Waals surface area contributed by atoms with Gasteiger partial charge in [-0.2, -0.15) is 0 Å². The fourth-order valence-electron chi connectivity index (χ4n) is 4.55. The van der Waals surface area contributed by atoms with Gasteiger partial charge in [0.15, 0.2) is 11.5 Å². The predicted octanol–water partition coefficient (Wildman–Crippen LogP) is 8.79. The number of phenolic OH excluding ortho intramolecular Hbond substituents is 1. The first-order valence-corrected chi connectivity index (χ1v) is 14.6. The van der Waals surface area contributed by atoms with Gasteiger partial charge in [-0.15, -0.1) is 0 Å². The molecule has 0 atom stereocenters. The minimum atomic E-state index is -1.28. The number of benzene rings is 1. The zero-order valence-electron chi connectivity index (χ0n) is 23.2. The van der Waals surface area contributed by atoms with Crippen LogP contribution < -0.4 is 9.47 Å². The Bertz CT molecular complexity index is 731. The van der Waals surface area contributed by atoms with Crippen molar-refractivity contribution < 1.29 is 29.6 Å². The molecule has 6 heteroatoms. The van der Waals surface area contributed by atoms with Crippen molar-refractivity contribution in [2.75, 3.05) is 13.2 Å². The highest BCUT2D eigenvalue weighted by atomic mass is 16.5. The molecule has 6 nitrogen and oxygen atoms in total. The van der Waals surface area contributed by atoms with Crippen molar-refractivity contribution in [3.05, 3.63) is 11.1 Å². The number of hydrogen-bond donors (Lipinski definition) is 3. The molecule has 1 aromatic rings. The summed E-state index contributed by atoms with van der Waals surface area (Å²) < 4.78 is 12.0. The summed E-state index contributed by atoms with van der Waals surface area (Å²) in [6.45, 7) is 7.18. The zero-order chi connectivity index (χ0) is 26.6. The van der Waals surface area contributed by atoms with Crippen molar-refractivity contribution in [1.29, 1.82) is 0 Å². The summed E-state index contributed by atoms with van der Waals surface area (Å²) in [5, 5.41) is 30.9. The fourth-order valence-corrected chi connectivity index (χ4v) is 4.55. The maximum atomic E-state index is 11.9. The third kappa shape index (κ3) is 11.7. The molecule has 1 aromatic carbocycles. The molecular weight excluding hydrogens is 456 g/mol. The van der Waals surface area contributed by atoms with Crippen LogP contribution in [0.4, 0.5) is 0 Å². The van der Waals surface area contributed by atoms with Gasteiger partial charge in [0, 0.05) is 5.56 Å². The SMILES string of the molecule is CCCCCCCCCCOc1c(O)c(O)c(C(=O)O)c(CCC)c1OCCCCCCCCCC. The van der Waals surface area contributed by atoms with E-state index in [1.807, 2.05) is 6.92 Å². The van der Waals surface area contributed by atoms with Gasteiger partial charge in [0.2, 0.25) is 11.5 Å². The van der Waals surface area contributed by atoms with Gasteiger partial charge in [-0.3, -0.25) is 0 Å². The van der Waals surface area contributed by atoms with Crippen LogP contribution in [0.5, 0.6) is 23.0 Å².